The summed E-state index contributed by atoms with van der Waals surface area (Å²) in [5.41, 5.74) is 0.867. The van der Waals surface area contributed by atoms with Crippen LogP contribution in [-0.4, -0.2) is 22.1 Å². The molecule has 1 unspecified atom stereocenters. The number of carbonyl (C=O) groups is 1. The highest BCUT2D eigenvalue weighted by molar-refractivity contribution is 5.85. The van der Waals surface area contributed by atoms with Crippen molar-refractivity contribution in [3.8, 4) is 0 Å². The van der Waals surface area contributed by atoms with E-state index in [0.29, 0.717) is 0 Å². The Morgan fingerprint density at radius 1 is 1.73 bits per heavy atom. The summed E-state index contributed by atoms with van der Waals surface area (Å²) in [6.45, 7) is 5.67. The summed E-state index contributed by atoms with van der Waals surface area (Å²) in [5.74, 6) is -1.01. The second kappa shape index (κ2) is 5.14. The van der Waals surface area contributed by atoms with Crippen LogP contribution >= 0.6 is 0 Å². The second-order valence-electron chi connectivity index (χ2n) is 3.31. The predicted molar refractivity (Wildman–Crippen MR) is 59.1 cm³/mol. The van der Waals surface area contributed by atoms with Gasteiger partial charge in [0.15, 0.2) is 0 Å². The number of aromatic carboxylic acids is 1. The van der Waals surface area contributed by atoms with Crippen LogP contribution in [0.15, 0.2) is 31.0 Å². The van der Waals surface area contributed by atoms with E-state index in [9.17, 15) is 4.79 Å². The van der Waals surface area contributed by atoms with Gasteiger partial charge in [-0.1, -0.05) is 6.08 Å². The van der Waals surface area contributed by atoms with Gasteiger partial charge in [0, 0.05) is 6.04 Å². The van der Waals surface area contributed by atoms with Crippen molar-refractivity contribution in [3.05, 3.63) is 36.7 Å². The lowest BCUT2D eigenvalue weighted by molar-refractivity contribution is 0.0690. The Bertz CT molecular complexity index is 346. The van der Waals surface area contributed by atoms with E-state index in [1.807, 2.05) is 13.0 Å². The zero-order valence-corrected chi connectivity index (χ0v) is 8.60. The van der Waals surface area contributed by atoms with Crippen LogP contribution in [0.4, 0.5) is 5.69 Å². The molecule has 4 heteroatoms. The highest BCUT2D eigenvalue weighted by Gasteiger charge is 2.04. The molecule has 0 bridgehead atoms. The molecular weight excluding hydrogens is 192 g/mol. The molecule has 0 aliphatic rings. The van der Waals surface area contributed by atoms with Crippen LogP contribution in [0.3, 0.4) is 0 Å². The Kier molecular flexibility index (Phi) is 3.85. The number of nitrogens with zero attached hydrogens (tertiary/aromatic N) is 1. The zero-order valence-electron chi connectivity index (χ0n) is 8.60. The van der Waals surface area contributed by atoms with E-state index in [2.05, 4.69) is 16.9 Å². The van der Waals surface area contributed by atoms with Crippen LogP contribution in [0.25, 0.3) is 0 Å². The lowest BCUT2D eigenvalue weighted by Gasteiger charge is -2.12. The van der Waals surface area contributed by atoms with Gasteiger partial charge < -0.3 is 10.4 Å². The number of carboxylic acid groups (broad SMARTS) is 1. The number of carboxylic acids is 1. The summed E-state index contributed by atoms with van der Waals surface area (Å²) >= 11 is 0. The van der Waals surface area contributed by atoms with E-state index in [-0.39, 0.29) is 11.7 Å². The molecule has 0 saturated carbocycles. The first-order valence-electron chi connectivity index (χ1n) is 4.70. The molecule has 80 valence electrons. The number of pyridine rings is 1. The Morgan fingerprint density at radius 2 is 2.47 bits per heavy atom. The van der Waals surface area contributed by atoms with Gasteiger partial charge in [0.1, 0.15) is 5.69 Å². The first kappa shape index (κ1) is 11.2. The summed E-state index contributed by atoms with van der Waals surface area (Å²) in [5, 5.41) is 11.8. The number of anilines is 1. The van der Waals surface area contributed by atoms with Crippen molar-refractivity contribution in [2.24, 2.45) is 0 Å². The van der Waals surface area contributed by atoms with Gasteiger partial charge in [0.05, 0.1) is 11.9 Å². The number of nitrogens with one attached hydrogen (secondary N) is 1. The van der Waals surface area contributed by atoms with E-state index in [1.165, 1.54) is 12.3 Å². The van der Waals surface area contributed by atoms with Crippen LogP contribution in [-0.2, 0) is 0 Å². The molecule has 4 nitrogen and oxygen atoms in total. The van der Waals surface area contributed by atoms with Crippen LogP contribution in [0.1, 0.15) is 23.8 Å². The highest BCUT2D eigenvalue weighted by atomic mass is 16.4. The van der Waals surface area contributed by atoms with Gasteiger partial charge in [-0.3, -0.25) is 0 Å². The predicted octanol–water partition coefficient (Wildman–Crippen LogP) is 2.16. The van der Waals surface area contributed by atoms with E-state index in [4.69, 9.17) is 5.11 Å². The van der Waals surface area contributed by atoms with E-state index in [1.54, 1.807) is 6.07 Å². The Hall–Kier alpha value is -1.84. The zero-order chi connectivity index (χ0) is 11.3. The summed E-state index contributed by atoms with van der Waals surface area (Å²) in [6.07, 6.45) is 4.19. The number of hydrogen-bond donors (Lipinski definition) is 2. The van der Waals surface area contributed by atoms with Crippen molar-refractivity contribution >= 4 is 11.7 Å². The molecule has 0 aliphatic carbocycles. The molecular formula is C11H14N2O2. The SMILES string of the molecule is C=CCC(C)Nc1ccc(C(=O)O)nc1. The van der Waals surface area contributed by atoms with Crippen LogP contribution in [0.5, 0.6) is 0 Å². The monoisotopic (exact) mass is 206 g/mol. The van der Waals surface area contributed by atoms with Crippen LogP contribution in [0, 0.1) is 0 Å². The molecule has 0 aromatic carbocycles. The van der Waals surface area contributed by atoms with E-state index >= 15 is 0 Å². The summed E-state index contributed by atoms with van der Waals surface area (Å²) in [7, 11) is 0. The van der Waals surface area contributed by atoms with Crippen molar-refractivity contribution in [3.63, 3.8) is 0 Å². The molecule has 0 fully saturated rings. The first-order valence-corrected chi connectivity index (χ1v) is 4.70. The molecule has 1 rings (SSSR count). The standard InChI is InChI=1S/C11H14N2O2/c1-3-4-8(2)13-9-5-6-10(11(14)15)12-7-9/h3,5-8,13H,1,4H2,2H3,(H,14,15). The lowest BCUT2D eigenvalue weighted by atomic mass is 10.2. The maximum atomic E-state index is 10.5. The Balaban J connectivity index is 2.64. The van der Waals surface area contributed by atoms with Crippen LogP contribution in [0.2, 0.25) is 0 Å². The maximum Gasteiger partial charge on any atom is 0.354 e. The fourth-order valence-electron chi connectivity index (χ4n) is 1.20. The molecule has 1 aromatic heterocycles. The fourth-order valence-corrected chi connectivity index (χ4v) is 1.20. The minimum Gasteiger partial charge on any atom is -0.477 e. The molecule has 0 amide bonds. The molecule has 1 aromatic rings. The second-order valence-corrected chi connectivity index (χ2v) is 3.31. The molecule has 0 radical (unpaired) electrons. The Labute approximate surface area is 88.7 Å². The van der Waals surface area contributed by atoms with Crippen molar-refractivity contribution in [2.75, 3.05) is 5.32 Å². The van der Waals surface area contributed by atoms with Gasteiger partial charge in [0.2, 0.25) is 0 Å². The van der Waals surface area contributed by atoms with Crippen molar-refractivity contribution in [1.82, 2.24) is 4.98 Å². The van der Waals surface area contributed by atoms with E-state index < -0.39 is 5.97 Å². The van der Waals surface area contributed by atoms with Gasteiger partial charge in [0.25, 0.3) is 0 Å². The molecule has 0 spiro atoms. The molecule has 0 aliphatic heterocycles. The molecule has 1 atom stereocenters. The molecule has 15 heavy (non-hydrogen) atoms. The van der Waals surface area contributed by atoms with Gasteiger partial charge in [-0.05, 0) is 25.5 Å². The van der Waals surface area contributed by atoms with Crippen molar-refractivity contribution in [1.29, 1.82) is 0 Å². The largest absolute Gasteiger partial charge is 0.477 e. The minimum absolute atomic E-state index is 0.0527. The highest BCUT2D eigenvalue weighted by Crippen LogP contribution is 2.09. The third kappa shape index (κ3) is 3.42. The average Bonchev–Trinajstić information content (AvgIpc) is 2.18. The third-order valence-corrected chi connectivity index (χ3v) is 1.92. The molecule has 0 saturated heterocycles. The smallest absolute Gasteiger partial charge is 0.354 e. The number of hydrogen-bond acceptors (Lipinski definition) is 3. The maximum absolute atomic E-state index is 10.5. The van der Waals surface area contributed by atoms with Gasteiger partial charge >= 0.3 is 5.97 Å². The quantitative estimate of drug-likeness (QED) is 0.725. The molecule has 2 N–H and O–H groups in total. The van der Waals surface area contributed by atoms with E-state index in [0.717, 1.165) is 12.1 Å². The molecule has 1 heterocycles. The summed E-state index contributed by atoms with van der Waals surface area (Å²) in [4.78, 5) is 14.3. The summed E-state index contributed by atoms with van der Waals surface area (Å²) < 4.78 is 0. The normalized spacial score (nSPS) is 11.8. The summed E-state index contributed by atoms with van der Waals surface area (Å²) in [6, 6.07) is 3.45. The minimum atomic E-state index is -1.01. The van der Waals surface area contributed by atoms with Crippen molar-refractivity contribution in [2.45, 2.75) is 19.4 Å². The van der Waals surface area contributed by atoms with Crippen molar-refractivity contribution < 1.29 is 9.90 Å². The number of rotatable bonds is 5. The van der Waals surface area contributed by atoms with Gasteiger partial charge in [-0.15, -0.1) is 6.58 Å². The fraction of sp³-hybridized carbons (Fsp3) is 0.273. The van der Waals surface area contributed by atoms with Crippen LogP contribution < -0.4 is 5.32 Å². The van der Waals surface area contributed by atoms with Gasteiger partial charge in [-0.25, -0.2) is 9.78 Å². The Morgan fingerprint density at radius 3 is 2.93 bits per heavy atom. The third-order valence-electron chi connectivity index (χ3n) is 1.92. The van der Waals surface area contributed by atoms with Gasteiger partial charge in [-0.2, -0.15) is 0 Å². The first-order chi connectivity index (χ1) is 7.13. The average molecular weight is 206 g/mol. The lowest BCUT2D eigenvalue weighted by Crippen LogP contribution is -2.14. The topological polar surface area (TPSA) is 62.2 Å². The number of aromatic nitrogens is 1.